The van der Waals surface area contributed by atoms with Gasteiger partial charge in [0.2, 0.25) is 0 Å². The van der Waals surface area contributed by atoms with Crippen LogP contribution < -0.4 is 5.73 Å². The fourth-order valence-corrected chi connectivity index (χ4v) is 1.54. The van der Waals surface area contributed by atoms with E-state index in [-0.39, 0.29) is 17.1 Å². The highest BCUT2D eigenvalue weighted by Gasteiger charge is 2.14. The number of nitrogens with two attached hydrogens (primary N) is 1. The molecule has 1 unspecified atom stereocenters. The summed E-state index contributed by atoms with van der Waals surface area (Å²) >= 11 is 5.83. The lowest BCUT2D eigenvalue weighted by atomic mass is 10.1. The van der Waals surface area contributed by atoms with Gasteiger partial charge in [-0.2, -0.15) is 0 Å². The first kappa shape index (κ1) is 10.4. The molecule has 0 spiro atoms. The summed E-state index contributed by atoms with van der Waals surface area (Å²) in [6.07, 6.45) is -0.918. The van der Waals surface area contributed by atoms with Crippen LogP contribution in [-0.4, -0.2) is 5.11 Å². The highest BCUT2D eigenvalue weighted by atomic mass is 35.5. The lowest BCUT2D eigenvalue weighted by molar-refractivity contribution is 0.194. The molecule has 4 heteroatoms. The minimum atomic E-state index is -0.918. The van der Waals surface area contributed by atoms with Crippen molar-refractivity contribution in [3.05, 3.63) is 34.1 Å². The van der Waals surface area contributed by atoms with Crippen LogP contribution in [0.4, 0.5) is 4.39 Å². The topological polar surface area (TPSA) is 46.2 Å². The Bertz CT molecular complexity index is 315. The third kappa shape index (κ3) is 1.99. The molecule has 0 heterocycles. The van der Waals surface area contributed by atoms with Crippen molar-refractivity contribution in [3.8, 4) is 0 Å². The number of halogens is 2. The van der Waals surface area contributed by atoms with E-state index in [2.05, 4.69) is 0 Å². The first-order chi connectivity index (χ1) is 6.07. The summed E-state index contributed by atoms with van der Waals surface area (Å²) in [6.45, 7) is 1.70. The number of benzene rings is 1. The molecule has 0 amide bonds. The van der Waals surface area contributed by atoms with Crippen LogP contribution in [-0.2, 0) is 6.54 Å². The Hall–Kier alpha value is -0.640. The van der Waals surface area contributed by atoms with Crippen molar-refractivity contribution >= 4 is 11.6 Å². The largest absolute Gasteiger partial charge is 0.389 e. The van der Waals surface area contributed by atoms with Crippen LogP contribution in [0, 0.1) is 5.82 Å². The first-order valence-corrected chi connectivity index (χ1v) is 4.30. The molecule has 1 aromatic rings. The predicted octanol–water partition coefficient (Wildman–Crippen LogP) is 1.99. The zero-order valence-corrected chi connectivity index (χ0v) is 7.98. The van der Waals surface area contributed by atoms with Crippen LogP contribution in [0.15, 0.2) is 12.1 Å². The van der Waals surface area contributed by atoms with Gasteiger partial charge in [0.05, 0.1) is 11.1 Å². The van der Waals surface area contributed by atoms with Gasteiger partial charge in [-0.3, -0.25) is 0 Å². The van der Waals surface area contributed by atoms with E-state index in [9.17, 15) is 9.50 Å². The zero-order chi connectivity index (χ0) is 10.0. The van der Waals surface area contributed by atoms with Gasteiger partial charge in [-0.05, 0) is 18.6 Å². The molecule has 72 valence electrons. The Kier molecular flexibility index (Phi) is 3.25. The Morgan fingerprint density at radius 3 is 2.69 bits per heavy atom. The molecule has 2 nitrogen and oxygen atoms in total. The SMILES string of the molecule is CC(O)c1c(F)ccc(CN)c1Cl. The van der Waals surface area contributed by atoms with Gasteiger partial charge in [0.25, 0.3) is 0 Å². The summed E-state index contributed by atoms with van der Waals surface area (Å²) in [4.78, 5) is 0. The molecule has 1 atom stereocenters. The second-order valence-corrected chi connectivity index (χ2v) is 3.19. The van der Waals surface area contributed by atoms with Gasteiger partial charge in [-0.25, -0.2) is 4.39 Å². The summed E-state index contributed by atoms with van der Waals surface area (Å²) in [5.41, 5.74) is 6.13. The van der Waals surface area contributed by atoms with E-state index in [0.717, 1.165) is 0 Å². The molecular formula is C9H11ClFNO. The molecule has 0 radical (unpaired) electrons. The molecule has 0 aromatic heterocycles. The number of rotatable bonds is 2. The summed E-state index contributed by atoms with van der Waals surface area (Å²) in [5, 5.41) is 9.46. The standard InChI is InChI=1S/C9H11ClFNO/c1-5(13)8-7(11)3-2-6(4-12)9(8)10/h2-3,5,13H,4,12H2,1H3. The van der Waals surface area contributed by atoms with Crippen LogP contribution >= 0.6 is 11.6 Å². The molecule has 0 saturated carbocycles. The zero-order valence-electron chi connectivity index (χ0n) is 7.22. The van der Waals surface area contributed by atoms with E-state index in [4.69, 9.17) is 17.3 Å². The summed E-state index contributed by atoms with van der Waals surface area (Å²) in [6, 6.07) is 2.78. The van der Waals surface area contributed by atoms with Gasteiger partial charge in [0.1, 0.15) is 5.82 Å². The van der Waals surface area contributed by atoms with Crippen LogP contribution in [0.25, 0.3) is 0 Å². The Morgan fingerprint density at radius 2 is 2.23 bits per heavy atom. The maximum absolute atomic E-state index is 13.1. The Morgan fingerprint density at radius 1 is 1.62 bits per heavy atom. The van der Waals surface area contributed by atoms with Crippen molar-refractivity contribution in [1.29, 1.82) is 0 Å². The molecule has 3 N–H and O–H groups in total. The van der Waals surface area contributed by atoms with Gasteiger partial charge in [-0.1, -0.05) is 17.7 Å². The fraction of sp³-hybridized carbons (Fsp3) is 0.333. The average Bonchev–Trinajstić information content (AvgIpc) is 2.04. The average molecular weight is 204 g/mol. The maximum Gasteiger partial charge on any atom is 0.130 e. The van der Waals surface area contributed by atoms with Crippen molar-refractivity contribution in [3.63, 3.8) is 0 Å². The van der Waals surface area contributed by atoms with E-state index in [1.807, 2.05) is 0 Å². The van der Waals surface area contributed by atoms with Crippen LogP contribution in [0.3, 0.4) is 0 Å². The molecule has 0 fully saturated rings. The molecule has 0 aliphatic carbocycles. The highest BCUT2D eigenvalue weighted by molar-refractivity contribution is 6.32. The van der Waals surface area contributed by atoms with Gasteiger partial charge >= 0.3 is 0 Å². The molecule has 1 aromatic carbocycles. The van der Waals surface area contributed by atoms with E-state index in [0.29, 0.717) is 5.56 Å². The van der Waals surface area contributed by atoms with Gasteiger partial charge in [-0.15, -0.1) is 0 Å². The van der Waals surface area contributed by atoms with Crippen LogP contribution in [0.2, 0.25) is 5.02 Å². The summed E-state index contributed by atoms with van der Waals surface area (Å²) < 4.78 is 13.1. The Labute approximate surface area is 81.1 Å². The van der Waals surface area contributed by atoms with E-state index in [1.165, 1.54) is 19.1 Å². The minimum absolute atomic E-state index is 0.115. The lowest BCUT2D eigenvalue weighted by Crippen LogP contribution is -2.03. The van der Waals surface area contributed by atoms with Crippen molar-refractivity contribution in [2.45, 2.75) is 19.6 Å². The summed E-state index contributed by atoms with van der Waals surface area (Å²) in [7, 11) is 0. The minimum Gasteiger partial charge on any atom is -0.389 e. The second kappa shape index (κ2) is 4.05. The molecule has 1 rings (SSSR count). The highest BCUT2D eigenvalue weighted by Crippen LogP contribution is 2.28. The number of hydrogen-bond acceptors (Lipinski definition) is 2. The van der Waals surface area contributed by atoms with Gasteiger partial charge in [0, 0.05) is 12.1 Å². The number of hydrogen-bond donors (Lipinski definition) is 2. The fourth-order valence-electron chi connectivity index (χ4n) is 1.16. The molecule has 13 heavy (non-hydrogen) atoms. The van der Waals surface area contributed by atoms with Crippen molar-refractivity contribution in [1.82, 2.24) is 0 Å². The third-order valence-electron chi connectivity index (χ3n) is 1.84. The van der Waals surface area contributed by atoms with Crippen molar-refractivity contribution in [2.75, 3.05) is 0 Å². The van der Waals surface area contributed by atoms with E-state index < -0.39 is 11.9 Å². The third-order valence-corrected chi connectivity index (χ3v) is 2.29. The van der Waals surface area contributed by atoms with Crippen LogP contribution in [0.1, 0.15) is 24.2 Å². The van der Waals surface area contributed by atoms with E-state index in [1.54, 1.807) is 0 Å². The normalized spacial score (nSPS) is 13.0. The van der Waals surface area contributed by atoms with Crippen molar-refractivity contribution in [2.24, 2.45) is 5.73 Å². The molecule has 0 aliphatic heterocycles. The van der Waals surface area contributed by atoms with Crippen molar-refractivity contribution < 1.29 is 9.50 Å². The molecule has 0 bridgehead atoms. The van der Waals surface area contributed by atoms with E-state index >= 15 is 0 Å². The second-order valence-electron chi connectivity index (χ2n) is 2.81. The number of aliphatic hydroxyl groups excluding tert-OH is 1. The molecule has 0 saturated heterocycles. The predicted molar refractivity (Wildman–Crippen MR) is 49.9 cm³/mol. The summed E-state index contributed by atoms with van der Waals surface area (Å²) in [5.74, 6) is -0.503. The Balaban J connectivity index is 3.30. The molecular weight excluding hydrogens is 193 g/mol. The lowest BCUT2D eigenvalue weighted by Gasteiger charge is -2.11. The maximum atomic E-state index is 13.1. The number of aliphatic hydroxyl groups is 1. The smallest absolute Gasteiger partial charge is 0.130 e. The quantitative estimate of drug-likeness (QED) is 0.772. The monoisotopic (exact) mass is 203 g/mol. The molecule has 0 aliphatic rings. The first-order valence-electron chi connectivity index (χ1n) is 3.92. The van der Waals surface area contributed by atoms with Gasteiger partial charge < -0.3 is 10.8 Å². The van der Waals surface area contributed by atoms with Crippen LogP contribution in [0.5, 0.6) is 0 Å². The van der Waals surface area contributed by atoms with Gasteiger partial charge in [0.15, 0.2) is 0 Å².